The maximum atomic E-state index is 12.9. The van der Waals surface area contributed by atoms with Crippen LogP contribution in [0.3, 0.4) is 0 Å². The quantitative estimate of drug-likeness (QED) is 0.672. The first-order chi connectivity index (χ1) is 13.7. The maximum Gasteiger partial charge on any atom is 0.242 e. The predicted octanol–water partition coefficient (Wildman–Crippen LogP) is 3.32. The molecule has 0 aromatic heterocycles. The third-order valence-corrected chi connectivity index (χ3v) is 8.23. The van der Waals surface area contributed by atoms with Gasteiger partial charge >= 0.3 is 0 Å². The van der Waals surface area contributed by atoms with Crippen LogP contribution in [0, 0.1) is 0 Å². The van der Waals surface area contributed by atoms with E-state index in [0.717, 1.165) is 5.56 Å². The van der Waals surface area contributed by atoms with E-state index >= 15 is 0 Å². The number of nitrogens with one attached hydrogen (secondary N) is 1. The van der Waals surface area contributed by atoms with Gasteiger partial charge in [0, 0.05) is 26.2 Å². The van der Waals surface area contributed by atoms with Crippen molar-refractivity contribution in [3.63, 3.8) is 0 Å². The second kappa shape index (κ2) is 8.83. The van der Waals surface area contributed by atoms with E-state index in [4.69, 9.17) is 23.2 Å². The van der Waals surface area contributed by atoms with Gasteiger partial charge in [0.2, 0.25) is 10.0 Å². The molecular weight excluding hydrogens is 453 g/mol. The van der Waals surface area contributed by atoms with Gasteiger partial charge in [0.25, 0.3) is 0 Å². The third kappa shape index (κ3) is 4.57. The van der Waals surface area contributed by atoms with Crippen molar-refractivity contribution in [2.24, 2.45) is 4.99 Å². The van der Waals surface area contributed by atoms with E-state index in [2.05, 4.69) is 9.71 Å². The summed E-state index contributed by atoms with van der Waals surface area (Å²) in [4.78, 5) is 5.57. The van der Waals surface area contributed by atoms with Crippen molar-refractivity contribution < 1.29 is 13.5 Å². The molecule has 0 radical (unpaired) electrons. The molecule has 1 heterocycles. The van der Waals surface area contributed by atoms with Crippen molar-refractivity contribution >= 4 is 50.2 Å². The zero-order chi connectivity index (χ0) is 21.2. The lowest BCUT2D eigenvalue weighted by atomic mass is 10.0. The van der Waals surface area contributed by atoms with Gasteiger partial charge < -0.3 is 10.0 Å². The van der Waals surface area contributed by atoms with Crippen LogP contribution in [0.5, 0.6) is 0 Å². The van der Waals surface area contributed by atoms with Crippen LogP contribution in [0.4, 0.5) is 0 Å². The number of sulfonamides is 1. The lowest BCUT2D eigenvalue weighted by Crippen LogP contribution is -2.42. The highest BCUT2D eigenvalue weighted by atomic mass is 35.5. The molecule has 156 valence electrons. The fraction of sp³-hybridized carbons (Fsp3) is 0.316. The number of hydrogen-bond donors (Lipinski definition) is 2. The summed E-state index contributed by atoms with van der Waals surface area (Å²) in [7, 11) is -0.595. The molecule has 6 nitrogen and oxygen atoms in total. The van der Waals surface area contributed by atoms with Gasteiger partial charge in [-0.1, -0.05) is 65.3 Å². The Kier molecular flexibility index (Phi) is 6.82. The van der Waals surface area contributed by atoms with Gasteiger partial charge in [-0.2, -0.15) is 0 Å². The SMILES string of the molecule is CN=C1SCC(O)(c2cc(S(=O)(=O)NCCc3ccccc3)c(Cl)cc2Cl)N1C. The van der Waals surface area contributed by atoms with Crippen LogP contribution in [0.1, 0.15) is 11.1 Å². The lowest BCUT2D eigenvalue weighted by Gasteiger charge is -2.32. The Morgan fingerprint density at radius 1 is 1.24 bits per heavy atom. The second-order valence-corrected chi connectivity index (χ2v) is 10.1. The van der Waals surface area contributed by atoms with E-state index in [0.29, 0.717) is 11.6 Å². The van der Waals surface area contributed by atoms with Gasteiger partial charge in [-0.05, 0) is 24.1 Å². The van der Waals surface area contributed by atoms with Gasteiger partial charge in [0.05, 0.1) is 15.8 Å². The first-order valence-corrected chi connectivity index (χ1v) is 12.0. The molecule has 1 unspecified atom stereocenters. The first kappa shape index (κ1) is 22.4. The van der Waals surface area contributed by atoms with Crippen LogP contribution in [-0.2, 0) is 22.2 Å². The summed E-state index contributed by atoms with van der Waals surface area (Å²) in [6.45, 7) is 0.216. The highest BCUT2D eigenvalue weighted by molar-refractivity contribution is 8.14. The average molecular weight is 474 g/mol. The van der Waals surface area contributed by atoms with Crippen LogP contribution in [0.15, 0.2) is 52.4 Å². The number of hydrogen-bond acceptors (Lipinski definition) is 5. The minimum Gasteiger partial charge on any atom is -0.366 e. The molecule has 3 rings (SSSR count). The minimum atomic E-state index is -3.90. The Bertz CT molecular complexity index is 1030. The molecule has 2 aromatic rings. The molecule has 2 aromatic carbocycles. The molecule has 1 fully saturated rings. The number of halogens is 2. The standard InChI is InChI=1S/C19H21Cl2N3O3S2/c1-22-18-24(2)19(25,12-28-18)14-10-17(16(21)11-15(14)20)29(26,27)23-9-8-13-6-4-3-5-7-13/h3-7,10-11,23,25H,8-9,12H2,1-2H3. The van der Waals surface area contributed by atoms with E-state index in [1.165, 1.54) is 23.9 Å². The molecule has 0 spiro atoms. The maximum absolute atomic E-state index is 12.9. The molecule has 1 atom stereocenters. The molecule has 0 saturated carbocycles. The number of thioether (sulfide) groups is 1. The lowest BCUT2D eigenvalue weighted by molar-refractivity contribution is -0.0348. The van der Waals surface area contributed by atoms with Crippen LogP contribution >= 0.6 is 35.0 Å². The summed E-state index contributed by atoms with van der Waals surface area (Å²) in [6.07, 6.45) is 0.539. The molecular formula is C19H21Cl2N3O3S2. The first-order valence-electron chi connectivity index (χ1n) is 8.78. The fourth-order valence-corrected chi connectivity index (χ4v) is 6.19. The van der Waals surface area contributed by atoms with Crippen LogP contribution in [0.25, 0.3) is 0 Å². The van der Waals surface area contributed by atoms with Gasteiger partial charge in [-0.3, -0.25) is 4.99 Å². The molecule has 0 aliphatic carbocycles. The van der Waals surface area contributed by atoms with Crippen molar-refractivity contribution in [2.45, 2.75) is 17.0 Å². The average Bonchev–Trinajstić information content (AvgIpc) is 2.97. The summed E-state index contributed by atoms with van der Waals surface area (Å²) in [6, 6.07) is 12.2. The number of aliphatic hydroxyl groups is 1. The van der Waals surface area contributed by atoms with Gasteiger partial charge in [0.15, 0.2) is 10.9 Å². The summed E-state index contributed by atoms with van der Waals surface area (Å²) in [5.74, 6) is 0.262. The largest absolute Gasteiger partial charge is 0.366 e. The molecule has 1 saturated heterocycles. The van der Waals surface area contributed by atoms with E-state index in [9.17, 15) is 13.5 Å². The zero-order valence-electron chi connectivity index (χ0n) is 15.9. The zero-order valence-corrected chi connectivity index (χ0v) is 19.0. The van der Waals surface area contributed by atoms with Crippen molar-refractivity contribution in [3.8, 4) is 0 Å². The van der Waals surface area contributed by atoms with Crippen molar-refractivity contribution in [1.29, 1.82) is 0 Å². The van der Waals surface area contributed by atoms with Gasteiger partial charge in [-0.15, -0.1) is 0 Å². The van der Waals surface area contributed by atoms with E-state index in [1.807, 2.05) is 30.3 Å². The summed E-state index contributed by atoms with van der Waals surface area (Å²) >= 11 is 13.9. The summed E-state index contributed by atoms with van der Waals surface area (Å²) in [5.41, 5.74) is -0.209. The number of aliphatic imine (C=N–C) groups is 1. The Morgan fingerprint density at radius 3 is 2.55 bits per heavy atom. The summed E-state index contributed by atoms with van der Waals surface area (Å²) < 4.78 is 28.3. The van der Waals surface area contributed by atoms with Crippen LogP contribution in [-0.4, -0.2) is 50.0 Å². The molecule has 10 heteroatoms. The Balaban J connectivity index is 1.89. The predicted molar refractivity (Wildman–Crippen MR) is 119 cm³/mol. The second-order valence-electron chi connectivity index (χ2n) is 6.57. The van der Waals surface area contributed by atoms with Crippen molar-refractivity contribution in [2.75, 3.05) is 26.4 Å². The number of nitrogens with zero attached hydrogens (tertiary/aromatic N) is 2. The van der Waals surface area contributed by atoms with Gasteiger partial charge in [-0.25, -0.2) is 13.1 Å². The normalized spacial score (nSPS) is 21.1. The smallest absolute Gasteiger partial charge is 0.242 e. The Labute approximate surface area is 185 Å². The topological polar surface area (TPSA) is 82.0 Å². The third-order valence-electron chi connectivity index (χ3n) is 4.73. The minimum absolute atomic E-state index is 0.00718. The van der Waals surface area contributed by atoms with E-state index in [-0.39, 0.29) is 32.8 Å². The summed E-state index contributed by atoms with van der Waals surface area (Å²) in [5, 5.41) is 12.0. The molecule has 1 aliphatic rings. The van der Waals surface area contributed by atoms with Gasteiger partial charge in [0.1, 0.15) is 4.90 Å². The number of rotatable bonds is 6. The van der Waals surface area contributed by atoms with Crippen molar-refractivity contribution in [3.05, 3.63) is 63.6 Å². The molecule has 0 amide bonds. The molecule has 1 aliphatic heterocycles. The van der Waals surface area contributed by atoms with Crippen LogP contribution < -0.4 is 4.72 Å². The van der Waals surface area contributed by atoms with Crippen molar-refractivity contribution in [1.82, 2.24) is 9.62 Å². The fourth-order valence-electron chi connectivity index (χ4n) is 3.08. The Hall–Kier alpha value is -1.29. The highest BCUT2D eigenvalue weighted by Gasteiger charge is 2.44. The monoisotopic (exact) mass is 473 g/mol. The van der Waals surface area contributed by atoms with E-state index < -0.39 is 15.7 Å². The Morgan fingerprint density at radius 2 is 1.93 bits per heavy atom. The number of amidine groups is 1. The van der Waals surface area contributed by atoms with E-state index in [1.54, 1.807) is 19.0 Å². The highest BCUT2D eigenvalue weighted by Crippen LogP contribution is 2.42. The number of benzene rings is 2. The molecule has 2 N–H and O–H groups in total. The molecule has 0 bridgehead atoms. The van der Waals surface area contributed by atoms with Crippen LogP contribution in [0.2, 0.25) is 10.0 Å². The molecule has 29 heavy (non-hydrogen) atoms.